The van der Waals surface area contributed by atoms with Gasteiger partial charge in [-0.2, -0.15) is 13.2 Å². The van der Waals surface area contributed by atoms with Crippen molar-refractivity contribution in [2.45, 2.75) is 6.18 Å². The van der Waals surface area contributed by atoms with E-state index in [-0.39, 0.29) is 11.4 Å². The first-order chi connectivity index (χ1) is 8.52. The lowest BCUT2D eigenvalue weighted by Crippen LogP contribution is -2.09. The molecule has 1 heterocycles. The predicted octanol–water partition coefficient (Wildman–Crippen LogP) is 3.83. The van der Waals surface area contributed by atoms with E-state index in [9.17, 15) is 13.2 Å². The van der Waals surface area contributed by atoms with Gasteiger partial charge < -0.3 is 4.57 Å². The van der Waals surface area contributed by atoms with Crippen molar-refractivity contribution >= 4 is 5.69 Å². The highest BCUT2D eigenvalue weighted by Gasteiger charge is 2.34. The Labute approximate surface area is 99.1 Å². The molecule has 0 saturated heterocycles. The molecule has 0 radical (unpaired) electrons. The van der Waals surface area contributed by atoms with Crippen LogP contribution in [0.1, 0.15) is 5.56 Å². The van der Waals surface area contributed by atoms with E-state index in [4.69, 9.17) is 5.53 Å². The molecule has 0 N–H and O–H groups in total. The van der Waals surface area contributed by atoms with Crippen LogP contribution in [0.3, 0.4) is 0 Å². The number of benzene rings is 1. The number of nitrogens with zero attached hydrogens (tertiary/aromatic N) is 5. The summed E-state index contributed by atoms with van der Waals surface area (Å²) >= 11 is 0. The molecule has 0 unspecified atom stereocenters. The number of aromatic nitrogens is 2. The number of halogens is 3. The van der Waals surface area contributed by atoms with E-state index in [1.165, 1.54) is 35.4 Å². The SMILES string of the molecule is [N-]=[N+]=Nc1ccc(-n2ccnc2)c(C(F)(F)F)c1. The Morgan fingerprint density at radius 2 is 2.11 bits per heavy atom. The lowest BCUT2D eigenvalue weighted by atomic mass is 10.1. The van der Waals surface area contributed by atoms with E-state index in [0.717, 1.165) is 6.07 Å². The molecule has 1 aromatic heterocycles. The minimum absolute atomic E-state index is 0.0723. The van der Waals surface area contributed by atoms with Crippen LogP contribution in [0.2, 0.25) is 0 Å². The number of alkyl halides is 3. The number of azide groups is 1. The van der Waals surface area contributed by atoms with E-state index in [1.807, 2.05) is 0 Å². The van der Waals surface area contributed by atoms with Crippen LogP contribution >= 0.6 is 0 Å². The molecule has 18 heavy (non-hydrogen) atoms. The number of rotatable bonds is 2. The maximum Gasteiger partial charge on any atom is 0.418 e. The Morgan fingerprint density at radius 1 is 1.33 bits per heavy atom. The van der Waals surface area contributed by atoms with Crippen LogP contribution in [0.25, 0.3) is 16.1 Å². The zero-order valence-electron chi connectivity index (χ0n) is 8.83. The zero-order chi connectivity index (χ0) is 13.2. The molecular formula is C10H6F3N5. The Hall–Kier alpha value is -2.47. The van der Waals surface area contributed by atoms with Crippen LogP contribution in [-0.2, 0) is 6.18 Å². The molecule has 0 aliphatic rings. The second-order valence-electron chi connectivity index (χ2n) is 3.36. The van der Waals surface area contributed by atoms with E-state index >= 15 is 0 Å². The molecule has 2 aromatic rings. The molecule has 0 amide bonds. The molecule has 8 heteroatoms. The normalized spacial score (nSPS) is 11.1. The maximum atomic E-state index is 12.9. The molecule has 5 nitrogen and oxygen atoms in total. The highest BCUT2D eigenvalue weighted by Crippen LogP contribution is 2.36. The minimum atomic E-state index is -4.54. The fourth-order valence-corrected chi connectivity index (χ4v) is 1.49. The van der Waals surface area contributed by atoms with Gasteiger partial charge in [0, 0.05) is 23.0 Å². The van der Waals surface area contributed by atoms with Gasteiger partial charge in [0.25, 0.3) is 0 Å². The molecule has 0 bridgehead atoms. The topological polar surface area (TPSA) is 66.6 Å². The first-order valence-corrected chi connectivity index (χ1v) is 4.77. The van der Waals surface area contributed by atoms with Crippen molar-refractivity contribution in [1.29, 1.82) is 0 Å². The van der Waals surface area contributed by atoms with Crippen molar-refractivity contribution in [3.05, 3.63) is 52.9 Å². The molecule has 0 aliphatic heterocycles. The quantitative estimate of drug-likeness (QED) is 0.455. The Morgan fingerprint density at radius 3 is 2.67 bits per heavy atom. The van der Waals surface area contributed by atoms with E-state index in [1.54, 1.807) is 0 Å². The van der Waals surface area contributed by atoms with Crippen LogP contribution in [-0.4, -0.2) is 9.55 Å². The third-order valence-corrected chi connectivity index (χ3v) is 2.23. The first kappa shape index (κ1) is 12.0. The van der Waals surface area contributed by atoms with Gasteiger partial charge in [0.15, 0.2) is 0 Å². The monoisotopic (exact) mass is 253 g/mol. The summed E-state index contributed by atoms with van der Waals surface area (Å²) in [5.74, 6) is 0. The minimum Gasteiger partial charge on any atom is -0.306 e. The lowest BCUT2D eigenvalue weighted by Gasteiger charge is -2.13. The highest BCUT2D eigenvalue weighted by molar-refractivity contribution is 5.52. The summed E-state index contributed by atoms with van der Waals surface area (Å²) in [5, 5.41) is 3.16. The summed E-state index contributed by atoms with van der Waals surface area (Å²) in [6.45, 7) is 0. The number of hydrogen-bond acceptors (Lipinski definition) is 2. The largest absolute Gasteiger partial charge is 0.418 e. The number of imidazole rings is 1. The van der Waals surface area contributed by atoms with Crippen LogP contribution in [0.4, 0.5) is 18.9 Å². The molecular weight excluding hydrogens is 247 g/mol. The Kier molecular flexibility index (Phi) is 2.95. The third-order valence-electron chi connectivity index (χ3n) is 2.23. The fraction of sp³-hybridized carbons (Fsp3) is 0.100. The van der Waals surface area contributed by atoms with Gasteiger partial charge in [-0.3, -0.25) is 0 Å². The summed E-state index contributed by atoms with van der Waals surface area (Å²) in [6, 6.07) is 3.34. The maximum absolute atomic E-state index is 12.9. The van der Waals surface area contributed by atoms with Gasteiger partial charge in [0.2, 0.25) is 0 Å². The molecule has 0 saturated carbocycles. The molecule has 0 spiro atoms. The molecule has 0 fully saturated rings. The second kappa shape index (κ2) is 4.42. The van der Waals surface area contributed by atoms with Gasteiger partial charge >= 0.3 is 6.18 Å². The van der Waals surface area contributed by atoms with E-state index in [0.29, 0.717) is 0 Å². The van der Waals surface area contributed by atoms with Crippen molar-refractivity contribution in [2.24, 2.45) is 5.11 Å². The van der Waals surface area contributed by atoms with E-state index in [2.05, 4.69) is 15.0 Å². The van der Waals surface area contributed by atoms with Crippen molar-refractivity contribution in [2.75, 3.05) is 0 Å². The van der Waals surface area contributed by atoms with Crippen LogP contribution in [0.5, 0.6) is 0 Å². The third kappa shape index (κ3) is 2.28. The zero-order valence-corrected chi connectivity index (χ0v) is 8.83. The molecule has 92 valence electrons. The van der Waals surface area contributed by atoms with Gasteiger partial charge in [-0.05, 0) is 17.7 Å². The summed E-state index contributed by atoms with van der Waals surface area (Å²) in [7, 11) is 0. The van der Waals surface area contributed by atoms with Crippen molar-refractivity contribution < 1.29 is 13.2 Å². The second-order valence-corrected chi connectivity index (χ2v) is 3.36. The summed E-state index contributed by atoms with van der Waals surface area (Å²) in [6.07, 6.45) is -0.502. The average Bonchev–Trinajstić information content (AvgIpc) is 2.81. The van der Waals surface area contributed by atoms with Crippen LogP contribution in [0.15, 0.2) is 42.0 Å². The van der Waals surface area contributed by atoms with Gasteiger partial charge in [0.1, 0.15) is 0 Å². The van der Waals surface area contributed by atoms with Crippen molar-refractivity contribution in [3.63, 3.8) is 0 Å². The molecule has 2 rings (SSSR count). The Balaban J connectivity index is 2.63. The lowest BCUT2D eigenvalue weighted by molar-refractivity contribution is -0.137. The van der Waals surface area contributed by atoms with Crippen LogP contribution in [0, 0.1) is 0 Å². The van der Waals surface area contributed by atoms with Gasteiger partial charge in [-0.25, -0.2) is 4.98 Å². The standard InChI is InChI=1S/C10H6F3N5/c11-10(12,13)8-5-7(16-17-14)1-2-9(8)18-4-3-15-6-18/h1-6H. The Bertz CT molecular complexity index is 596. The smallest absolute Gasteiger partial charge is 0.306 e. The van der Waals surface area contributed by atoms with Crippen molar-refractivity contribution in [3.8, 4) is 5.69 Å². The number of hydrogen-bond donors (Lipinski definition) is 0. The summed E-state index contributed by atoms with van der Waals surface area (Å²) in [5.41, 5.74) is 7.18. The van der Waals surface area contributed by atoms with Crippen molar-refractivity contribution in [1.82, 2.24) is 9.55 Å². The predicted molar refractivity (Wildman–Crippen MR) is 57.4 cm³/mol. The van der Waals surface area contributed by atoms with Gasteiger partial charge in [0.05, 0.1) is 17.6 Å². The summed E-state index contributed by atoms with van der Waals surface area (Å²) < 4.78 is 39.9. The molecule has 0 aliphatic carbocycles. The highest BCUT2D eigenvalue weighted by atomic mass is 19.4. The molecule has 0 atom stereocenters. The van der Waals surface area contributed by atoms with Gasteiger partial charge in [-0.1, -0.05) is 11.2 Å². The van der Waals surface area contributed by atoms with Gasteiger partial charge in [-0.15, -0.1) is 0 Å². The average molecular weight is 253 g/mol. The fourth-order valence-electron chi connectivity index (χ4n) is 1.49. The van der Waals surface area contributed by atoms with E-state index < -0.39 is 11.7 Å². The first-order valence-electron chi connectivity index (χ1n) is 4.77. The van der Waals surface area contributed by atoms with Crippen LogP contribution < -0.4 is 0 Å². The molecule has 1 aromatic carbocycles. The summed E-state index contributed by atoms with van der Waals surface area (Å²) in [4.78, 5) is 6.15.